The molecule has 3 fully saturated rings. The number of anilines is 1. The summed E-state index contributed by atoms with van der Waals surface area (Å²) in [5, 5.41) is 10.9. The number of aromatic nitrogens is 2. The smallest absolute Gasteiger partial charge is 0.381 e. The van der Waals surface area contributed by atoms with E-state index in [9.17, 15) is 17.6 Å². The highest BCUT2D eigenvalue weighted by Crippen LogP contribution is 2.42. The summed E-state index contributed by atoms with van der Waals surface area (Å²) >= 11 is 0. The molecule has 2 aromatic rings. The van der Waals surface area contributed by atoms with Crippen molar-refractivity contribution in [2.45, 2.75) is 38.4 Å². The predicted octanol–water partition coefficient (Wildman–Crippen LogP) is 4.77. The van der Waals surface area contributed by atoms with Crippen LogP contribution in [0.15, 0.2) is 24.3 Å². The van der Waals surface area contributed by atoms with Gasteiger partial charge in [-0.05, 0) is 67.7 Å². The molecule has 33 heavy (non-hydrogen) atoms. The average Bonchev–Trinajstić information content (AvgIpc) is 3.47. The van der Waals surface area contributed by atoms with Crippen molar-refractivity contribution < 1.29 is 22.3 Å². The van der Waals surface area contributed by atoms with Gasteiger partial charge in [-0.2, -0.15) is 13.2 Å². The highest BCUT2D eigenvalue weighted by molar-refractivity contribution is 5.65. The van der Waals surface area contributed by atoms with Crippen molar-refractivity contribution >= 4 is 5.82 Å². The Kier molecular flexibility index (Phi) is 6.03. The van der Waals surface area contributed by atoms with E-state index in [-0.39, 0.29) is 17.6 Å². The molecule has 1 saturated carbocycles. The van der Waals surface area contributed by atoms with Crippen LogP contribution in [0.4, 0.5) is 23.4 Å². The van der Waals surface area contributed by atoms with Gasteiger partial charge in [-0.1, -0.05) is 6.07 Å². The summed E-state index contributed by atoms with van der Waals surface area (Å²) in [7, 11) is 0. The molecule has 0 radical (unpaired) electrons. The lowest BCUT2D eigenvalue weighted by atomic mass is 10.0. The molecule has 0 spiro atoms. The maximum atomic E-state index is 13.9. The van der Waals surface area contributed by atoms with Gasteiger partial charge in [-0.15, -0.1) is 10.2 Å². The molecule has 2 saturated heterocycles. The van der Waals surface area contributed by atoms with E-state index in [0.717, 1.165) is 58.2 Å². The second kappa shape index (κ2) is 8.83. The van der Waals surface area contributed by atoms with Crippen LogP contribution in [0.2, 0.25) is 0 Å². The average molecular weight is 465 g/mol. The largest absolute Gasteiger partial charge is 0.420 e. The zero-order valence-electron chi connectivity index (χ0n) is 18.5. The summed E-state index contributed by atoms with van der Waals surface area (Å²) in [4.78, 5) is 2.49. The Hall–Kier alpha value is -2.26. The number of alkyl halides is 3. The first-order valence-electron chi connectivity index (χ1n) is 11.5. The predicted molar refractivity (Wildman–Crippen MR) is 116 cm³/mol. The van der Waals surface area contributed by atoms with Gasteiger partial charge >= 0.3 is 6.18 Å². The molecule has 1 aliphatic carbocycles. The number of nitrogens with one attached hydrogen (secondary N) is 1. The van der Waals surface area contributed by atoms with Crippen LogP contribution < -0.4 is 5.32 Å². The SMILES string of the molecule is Cc1ccc(F)cc1-c1cc(C(F)(F)F)c(NC2C[C@@H]3CN(C[C@H]4CCOC4)C[C@H]3C2)nn1. The minimum atomic E-state index is -4.59. The Labute approximate surface area is 190 Å². The highest BCUT2D eigenvalue weighted by Gasteiger charge is 2.43. The highest BCUT2D eigenvalue weighted by atomic mass is 19.4. The molecule has 5 rings (SSSR count). The molecule has 5 nitrogen and oxygen atoms in total. The number of hydrogen-bond donors (Lipinski definition) is 1. The summed E-state index contributed by atoms with van der Waals surface area (Å²) in [6.45, 7) is 6.42. The van der Waals surface area contributed by atoms with Crippen LogP contribution in [-0.2, 0) is 10.9 Å². The first kappa shape index (κ1) is 22.5. The van der Waals surface area contributed by atoms with Gasteiger partial charge in [-0.3, -0.25) is 0 Å². The summed E-state index contributed by atoms with van der Waals surface area (Å²) in [6, 6.07) is 4.89. The van der Waals surface area contributed by atoms with Gasteiger partial charge < -0.3 is 15.0 Å². The van der Waals surface area contributed by atoms with Crippen molar-refractivity contribution in [1.29, 1.82) is 0 Å². The number of hydrogen-bond acceptors (Lipinski definition) is 5. The molecule has 9 heteroatoms. The molecule has 3 aliphatic rings. The maximum absolute atomic E-state index is 13.9. The molecule has 0 bridgehead atoms. The number of aryl methyl sites for hydroxylation is 1. The monoisotopic (exact) mass is 464 g/mol. The number of likely N-dealkylation sites (tertiary alicyclic amines) is 1. The van der Waals surface area contributed by atoms with Gasteiger partial charge in [0.15, 0.2) is 5.82 Å². The Bertz CT molecular complexity index is 994. The molecule has 0 unspecified atom stereocenters. The van der Waals surface area contributed by atoms with E-state index < -0.39 is 17.6 Å². The van der Waals surface area contributed by atoms with Gasteiger partial charge in [-0.25, -0.2) is 4.39 Å². The molecule has 3 heterocycles. The zero-order valence-corrected chi connectivity index (χ0v) is 18.5. The fraction of sp³-hybridized carbons (Fsp3) is 0.583. The van der Waals surface area contributed by atoms with E-state index in [1.165, 1.54) is 18.2 Å². The maximum Gasteiger partial charge on any atom is 0.420 e. The molecule has 1 aromatic heterocycles. The van der Waals surface area contributed by atoms with Crippen molar-refractivity contribution in [3.8, 4) is 11.3 Å². The normalized spacial score (nSPS) is 26.2. The fourth-order valence-electron chi connectivity index (χ4n) is 5.67. The van der Waals surface area contributed by atoms with Gasteiger partial charge in [0.25, 0.3) is 0 Å². The number of halogens is 4. The van der Waals surface area contributed by atoms with E-state index in [1.54, 1.807) is 6.92 Å². The number of rotatable bonds is 5. The number of nitrogens with zero attached hydrogens (tertiary/aromatic N) is 3. The molecule has 3 atom stereocenters. The lowest BCUT2D eigenvalue weighted by Crippen LogP contribution is -2.30. The number of ether oxygens (including phenoxy) is 1. The Morgan fingerprint density at radius 3 is 2.55 bits per heavy atom. The van der Waals surface area contributed by atoms with Gasteiger partial charge in [0, 0.05) is 37.8 Å². The van der Waals surface area contributed by atoms with Crippen molar-refractivity contribution in [3.05, 3.63) is 41.2 Å². The number of benzene rings is 1. The minimum absolute atomic E-state index is 0.0136. The number of fused-ring (bicyclic) bond motifs is 1. The van der Waals surface area contributed by atoms with Gasteiger partial charge in [0.05, 0.1) is 12.3 Å². The van der Waals surface area contributed by atoms with Crippen molar-refractivity contribution in [2.24, 2.45) is 17.8 Å². The Morgan fingerprint density at radius 2 is 1.88 bits per heavy atom. The molecular weight excluding hydrogens is 436 g/mol. The summed E-state index contributed by atoms with van der Waals surface area (Å²) in [5.41, 5.74) is 0.0929. The second-order valence-electron chi connectivity index (χ2n) is 9.73. The minimum Gasteiger partial charge on any atom is -0.381 e. The summed E-state index contributed by atoms with van der Waals surface area (Å²) < 4.78 is 60.8. The third-order valence-electron chi connectivity index (χ3n) is 7.28. The van der Waals surface area contributed by atoms with Crippen LogP contribution in [0.1, 0.15) is 30.4 Å². The third kappa shape index (κ3) is 4.84. The molecular formula is C24H28F4N4O. The third-order valence-corrected chi connectivity index (χ3v) is 7.28. The first-order valence-corrected chi connectivity index (χ1v) is 11.5. The summed E-state index contributed by atoms with van der Waals surface area (Å²) in [5.74, 6) is 0.802. The van der Waals surface area contributed by atoms with E-state index in [2.05, 4.69) is 20.4 Å². The van der Waals surface area contributed by atoms with Crippen LogP contribution in [0, 0.1) is 30.5 Å². The lowest BCUT2D eigenvalue weighted by Gasteiger charge is -2.23. The second-order valence-corrected chi connectivity index (χ2v) is 9.73. The van der Waals surface area contributed by atoms with Crippen molar-refractivity contribution in [1.82, 2.24) is 15.1 Å². The lowest BCUT2D eigenvalue weighted by molar-refractivity contribution is -0.137. The van der Waals surface area contributed by atoms with E-state index in [0.29, 0.717) is 28.9 Å². The van der Waals surface area contributed by atoms with Crippen LogP contribution >= 0.6 is 0 Å². The fourth-order valence-corrected chi connectivity index (χ4v) is 5.67. The van der Waals surface area contributed by atoms with Crippen LogP contribution in [0.25, 0.3) is 11.3 Å². The Morgan fingerprint density at radius 1 is 1.12 bits per heavy atom. The van der Waals surface area contributed by atoms with Gasteiger partial charge in [0.1, 0.15) is 11.4 Å². The molecule has 178 valence electrons. The quantitative estimate of drug-likeness (QED) is 0.647. The molecule has 1 aromatic carbocycles. The standard InChI is InChI=1S/C24H28F4N4O/c1-14-2-3-18(25)8-20(14)22-9-21(24(26,27)28)23(31-30-22)29-19-6-16-11-32(12-17(16)7-19)10-15-4-5-33-13-15/h2-3,8-9,15-17,19H,4-7,10-13H2,1H3,(H,29,31)/t15-,16-,17-/m1/s1. The van der Waals surface area contributed by atoms with Gasteiger partial charge in [0.2, 0.25) is 0 Å². The molecule has 1 N–H and O–H groups in total. The van der Waals surface area contributed by atoms with E-state index >= 15 is 0 Å². The van der Waals surface area contributed by atoms with Crippen LogP contribution in [0.5, 0.6) is 0 Å². The van der Waals surface area contributed by atoms with Crippen LogP contribution in [-0.4, -0.2) is 54.0 Å². The zero-order chi connectivity index (χ0) is 23.2. The Balaban J connectivity index is 1.29. The van der Waals surface area contributed by atoms with Crippen molar-refractivity contribution in [3.63, 3.8) is 0 Å². The topological polar surface area (TPSA) is 50.3 Å². The molecule has 2 aliphatic heterocycles. The first-order chi connectivity index (χ1) is 15.8. The summed E-state index contributed by atoms with van der Waals surface area (Å²) in [6.07, 6.45) is -1.83. The van der Waals surface area contributed by atoms with Crippen LogP contribution in [0.3, 0.4) is 0 Å². The van der Waals surface area contributed by atoms with Crippen molar-refractivity contribution in [2.75, 3.05) is 38.2 Å². The molecule has 0 amide bonds. The van der Waals surface area contributed by atoms with E-state index in [1.807, 2.05) is 0 Å². The van der Waals surface area contributed by atoms with E-state index in [4.69, 9.17) is 4.74 Å².